The number of carbonyl (C=O) groups is 3. The number of carbonyl (C=O) groups excluding carboxylic acids is 3. The molecule has 3 heterocycles. The van der Waals surface area contributed by atoms with E-state index in [0.29, 0.717) is 48.6 Å². The minimum Gasteiger partial charge on any atom is -0.367 e. The number of pyridine rings is 1. The van der Waals surface area contributed by atoms with Crippen molar-refractivity contribution < 1.29 is 18.8 Å². The van der Waals surface area contributed by atoms with Crippen LogP contribution in [0.1, 0.15) is 36.6 Å². The van der Waals surface area contributed by atoms with Crippen LogP contribution in [0.5, 0.6) is 0 Å². The van der Waals surface area contributed by atoms with Crippen molar-refractivity contribution in [2.24, 2.45) is 0 Å². The molecule has 0 unspecified atom stereocenters. The zero-order valence-corrected chi connectivity index (χ0v) is 21.1. The lowest BCUT2D eigenvalue weighted by molar-refractivity contribution is 0.0640. The van der Waals surface area contributed by atoms with Gasteiger partial charge in [0.1, 0.15) is 5.82 Å². The Morgan fingerprint density at radius 3 is 2.26 bits per heavy atom. The molecule has 39 heavy (non-hydrogen) atoms. The SMILES string of the molecule is O=C(c1cccc(-c2ccc(F)cc2)c1)N1CCN(c2cccc3c2C(=O)N(Cc2ccncc2)C3=O)CC1. The molecule has 1 fully saturated rings. The van der Waals surface area contributed by atoms with Gasteiger partial charge in [0.05, 0.1) is 23.4 Å². The minimum atomic E-state index is -0.307. The van der Waals surface area contributed by atoms with Crippen molar-refractivity contribution in [3.63, 3.8) is 0 Å². The van der Waals surface area contributed by atoms with Crippen molar-refractivity contribution in [2.75, 3.05) is 31.1 Å². The number of halogens is 1. The first-order valence-corrected chi connectivity index (χ1v) is 12.8. The Hall–Kier alpha value is -4.85. The number of aromatic nitrogens is 1. The maximum Gasteiger partial charge on any atom is 0.263 e. The van der Waals surface area contributed by atoms with E-state index in [1.165, 1.54) is 17.0 Å². The number of hydrogen-bond acceptors (Lipinski definition) is 5. The summed E-state index contributed by atoms with van der Waals surface area (Å²) in [6.07, 6.45) is 3.28. The largest absolute Gasteiger partial charge is 0.367 e. The number of fused-ring (bicyclic) bond motifs is 1. The molecule has 3 aromatic carbocycles. The van der Waals surface area contributed by atoms with Crippen LogP contribution in [-0.4, -0.2) is 58.7 Å². The van der Waals surface area contributed by atoms with Crippen LogP contribution in [0, 0.1) is 5.82 Å². The van der Waals surface area contributed by atoms with Gasteiger partial charge in [-0.3, -0.25) is 24.3 Å². The van der Waals surface area contributed by atoms with Gasteiger partial charge in [-0.15, -0.1) is 0 Å². The van der Waals surface area contributed by atoms with E-state index < -0.39 is 0 Å². The number of benzene rings is 3. The zero-order valence-electron chi connectivity index (χ0n) is 21.1. The molecule has 194 valence electrons. The average Bonchev–Trinajstić information content (AvgIpc) is 3.23. The quantitative estimate of drug-likeness (QED) is 0.359. The summed E-state index contributed by atoms with van der Waals surface area (Å²) < 4.78 is 13.3. The van der Waals surface area contributed by atoms with Crippen molar-refractivity contribution in [3.8, 4) is 11.1 Å². The molecule has 8 heteroatoms. The maximum absolute atomic E-state index is 13.4. The highest BCUT2D eigenvalue weighted by Crippen LogP contribution is 2.33. The summed E-state index contributed by atoms with van der Waals surface area (Å²) in [6.45, 7) is 2.21. The second-order valence-electron chi connectivity index (χ2n) is 9.62. The fourth-order valence-electron chi connectivity index (χ4n) is 5.20. The third-order valence-corrected chi connectivity index (χ3v) is 7.26. The Kier molecular flexibility index (Phi) is 6.36. The van der Waals surface area contributed by atoms with Crippen molar-refractivity contribution in [3.05, 3.63) is 119 Å². The van der Waals surface area contributed by atoms with Gasteiger partial charge in [-0.2, -0.15) is 0 Å². The standard InChI is InChI=1S/C31H25FN4O3/c32-25-9-7-22(8-10-25)23-3-1-4-24(19-23)29(37)35-17-15-34(16-18-35)27-6-2-5-26-28(27)31(39)36(30(26)38)20-21-11-13-33-14-12-21/h1-14,19H,15-18,20H2. The van der Waals surface area contributed by atoms with Crippen LogP contribution in [0.4, 0.5) is 10.1 Å². The molecule has 3 amide bonds. The molecule has 0 radical (unpaired) electrons. The molecule has 0 bridgehead atoms. The number of anilines is 1. The maximum atomic E-state index is 13.4. The van der Waals surface area contributed by atoms with Gasteiger partial charge in [-0.1, -0.05) is 30.3 Å². The molecule has 7 nitrogen and oxygen atoms in total. The van der Waals surface area contributed by atoms with Gasteiger partial charge < -0.3 is 9.80 Å². The summed E-state index contributed by atoms with van der Waals surface area (Å²) in [5.41, 5.74) is 4.62. The minimum absolute atomic E-state index is 0.0771. The molecule has 0 aliphatic carbocycles. The summed E-state index contributed by atoms with van der Waals surface area (Å²) in [6, 6.07) is 22.5. The van der Waals surface area contributed by atoms with Gasteiger partial charge in [0, 0.05) is 44.1 Å². The molecular formula is C31H25FN4O3. The first kappa shape index (κ1) is 24.5. The van der Waals surface area contributed by atoms with Crippen LogP contribution < -0.4 is 4.90 Å². The van der Waals surface area contributed by atoms with Crippen molar-refractivity contribution in [2.45, 2.75) is 6.54 Å². The second-order valence-corrected chi connectivity index (χ2v) is 9.62. The smallest absolute Gasteiger partial charge is 0.263 e. The highest BCUT2D eigenvalue weighted by Gasteiger charge is 2.39. The molecule has 1 saturated heterocycles. The highest BCUT2D eigenvalue weighted by molar-refractivity contribution is 6.23. The molecule has 4 aromatic rings. The van der Waals surface area contributed by atoms with Crippen LogP contribution in [0.15, 0.2) is 91.3 Å². The predicted octanol–water partition coefficient (Wildman–Crippen LogP) is 4.65. The first-order chi connectivity index (χ1) is 19.0. The van der Waals surface area contributed by atoms with E-state index >= 15 is 0 Å². The Bertz CT molecular complexity index is 1560. The normalized spacial score (nSPS) is 15.1. The summed E-state index contributed by atoms with van der Waals surface area (Å²) >= 11 is 0. The van der Waals surface area contributed by atoms with Gasteiger partial charge in [-0.05, 0) is 65.2 Å². The van der Waals surface area contributed by atoms with E-state index in [9.17, 15) is 18.8 Å². The molecular weight excluding hydrogens is 495 g/mol. The Balaban J connectivity index is 1.16. The van der Waals surface area contributed by atoms with Crippen LogP contribution in [-0.2, 0) is 6.54 Å². The van der Waals surface area contributed by atoms with E-state index in [4.69, 9.17) is 0 Å². The van der Waals surface area contributed by atoms with Crippen molar-refractivity contribution in [1.29, 1.82) is 0 Å². The van der Waals surface area contributed by atoms with Gasteiger partial charge in [-0.25, -0.2) is 4.39 Å². The lowest BCUT2D eigenvalue weighted by Crippen LogP contribution is -2.49. The van der Waals surface area contributed by atoms with Gasteiger partial charge in [0.15, 0.2) is 0 Å². The topological polar surface area (TPSA) is 73.8 Å². The molecule has 0 saturated carbocycles. The van der Waals surface area contributed by atoms with E-state index in [1.807, 2.05) is 24.3 Å². The predicted molar refractivity (Wildman–Crippen MR) is 145 cm³/mol. The van der Waals surface area contributed by atoms with E-state index in [1.54, 1.807) is 59.8 Å². The fourth-order valence-corrected chi connectivity index (χ4v) is 5.20. The van der Waals surface area contributed by atoms with E-state index in [-0.39, 0.29) is 30.1 Å². The van der Waals surface area contributed by atoms with Crippen LogP contribution in [0.25, 0.3) is 11.1 Å². The third kappa shape index (κ3) is 4.65. The fraction of sp³-hybridized carbons (Fsp3) is 0.161. The molecule has 0 N–H and O–H groups in total. The van der Waals surface area contributed by atoms with Crippen molar-refractivity contribution in [1.82, 2.24) is 14.8 Å². The van der Waals surface area contributed by atoms with Crippen molar-refractivity contribution >= 4 is 23.4 Å². The number of nitrogens with zero attached hydrogens (tertiary/aromatic N) is 4. The summed E-state index contributed by atoms with van der Waals surface area (Å²) in [5, 5.41) is 0. The molecule has 1 aromatic heterocycles. The number of imide groups is 1. The number of amides is 3. The van der Waals surface area contributed by atoms with E-state index in [2.05, 4.69) is 9.88 Å². The summed E-state index contributed by atoms with van der Waals surface area (Å²) in [7, 11) is 0. The van der Waals surface area contributed by atoms with Crippen LogP contribution in [0.2, 0.25) is 0 Å². The lowest BCUT2D eigenvalue weighted by Gasteiger charge is -2.36. The number of piperazine rings is 1. The lowest BCUT2D eigenvalue weighted by atomic mass is 10.0. The Labute approximate surface area is 225 Å². The molecule has 0 spiro atoms. The monoisotopic (exact) mass is 520 g/mol. The number of hydrogen-bond donors (Lipinski definition) is 0. The van der Waals surface area contributed by atoms with Crippen LogP contribution in [0.3, 0.4) is 0 Å². The molecule has 0 atom stereocenters. The second kappa shape index (κ2) is 10.1. The number of rotatable bonds is 5. The summed E-state index contributed by atoms with van der Waals surface area (Å²) in [4.78, 5) is 48.9. The zero-order chi connectivity index (χ0) is 26.9. The van der Waals surface area contributed by atoms with Gasteiger partial charge in [0.2, 0.25) is 0 Å². The molecule has 6 rings (SSSR count). The van der Waals surface area contributed by atoms with E-state index in [0.717, 1.165) is 16.7 Å². The third-order valence-electron chi connectivity index (χ3n) is 7.26. The Morgan fingerprint density at radius 2 is 1.51 bits per heavy atom. The Morgan fingerprint density at radius 1 is 0.795 bits per heavy atom. The molecule has 2 aliphatic rings. The first-order valence-electron chi connectivity index (χ1n) is 12.8. The summed E-state index contributed by atoms with van der Waals surface area (Å²) in [5.74, 6) is -0.992. The highest BCUT2D eigenvalue weighted by atomic mass is 19.1. The van der Waals surface area contributed by atoms with Gasteiger partial charge in [0.25, 0.3) is 17.7 Å². The van der Waals surface area contributed by atoms with Gasteiger partial charge >= 0.3 is 0 Å². The molecule has 2 aliphatic heterocycles. The van der Waals surface area contributed by atoms with Crippen LogP contribution >= 0.6 is 0 Å². The average molecular weight is 521 g/mol.